The van der Waals surface area contributed by atoms with Crippen LogP contribution in [0.2, 0.25) is 0 Å². The fraction of sp³-hybridized carbons (Fsp3) is 0.611. The summed E-state index contributed by atoms with van der Waals surface area (Å²) in [6.07, 6.45) is 3.68. The van der Waals surface area contributed by atoms with E-state index in [2.05, 4.69) is 37.4 Å². The number of nitrogens with zero attached hydrogens (tertiary/aromatic N) is 1. The van der Waals surface area contributed by atoms with E-state index < -0.39 is 0 Å². The van der Waals surface area contributed by atoms with Crippen molar-refractivity contribution in [1.82, 2.24) is 5.32 Å². The first-order valence-electron chi connectivity index (χ1n) is 7.94. The zero-order chi connectivity index (χ0) is 15.3. The van der Waals surface area contributed by atoms with Crippen molar-refractivity contribution >= 4 is 0 Å². The summed E-state index contributed by atoms with van der Waals surface area (Å²) in [5.74, 6) is 0. The van der Waals surface area contributed by atoms with Crippen LogP contribution in [0.25, 0.3) is 0 Å². The third kappa shape index (κ3) is 3.12. The first-order valence-corrected chi connectivity index (χ1v) is 7.94. The highest BCUT2D eigenvalue weighted by Gasteiger charge is 2.46. The van der Waals surface area contributed by atoms with Crippen molar-refractivity contribution in [2.45, 2.75) is 51.0 Å². The summed E-state index contributed by atoms with van der Waals surface area (Å²) in [7, 11) is 0. The molecule has 21 heavy (non-hydrogen) atoms. The van der Waals surface area contributed by atoms with Gasteiger partial charge in [-0.05, 0) is 31.2 Å². The Kier molecular flexibility index (Phi) is 5.03. The second-order valence-corrected chi connectivity index (χ2v) is 6.41. The van der Waals surface area contributed by atoms with Crippen LogP contribution < -0.4 is 5.32 Å². The molecule has 0 amide bonds. The van der Waals surface area contributed by atoms with Crippen LogP contribution in [0, 0.1) is 16.7 Å². The Balaban J connectivity index is 1.93. The molecule has 0 spiro atoms. The largest absolute Gasteiger partial charge is 0.396 e. The van der Waals surface area contributed by atoms with E-state index in [9.17, 15) is 10.4 Å². The normalized spacial score (nSPS) is 25.1. The molecular formula is C18H26N2O. The number of aliphatic hydroxyl groups excluding tert-OH is 1. The maximum Gasteiger partial charge on any atom is 0.0852 e. The lowest BCUT2D eigenvalue weighted by molar-refractivity contribution is 0.0981. The minimum atomic E-state index is -0.320. The summed E-state index contributed by atoms with van der Waals surface area (Å²) in [6.45, 7) is 5.32. The molecule has 2 rings (SSSR count). The van der Waals surface area contributed by atoms with Gasteiger partial charge in [0, 0.05) is 24.6 Å². The van der Waals surface area contributed by atoms with Crippen molar-refractivity contribution in [3.05, 3.63) is 35.9 Å². The number of hydrogen-bond donors (Lipinski definition) is 2. The van der Waals surface area contributed by atoms with Crippen LogP contribution in [-0.4, -0.2) is 24.3 Å². The van der Waals surface area contributed by atoms with Crippen LogP contribution in [0.3, 0.4) is 0 Å². The van der Waals surface area contributed by atoms with Crippen molar-refractivity contribution < 1.29 is 5.11 Å². The molecule has 3 heteroatoms. The fourth-order valence-corrected chi connectivity index (χ4v) is 3.21. The van der Waals surface area contributed by atoms with Gasteiger partial charge in [0.15, 0.2) is 0 Å². The lowest BCUT2D eigenvalue weighted by Gasteiger charge is -2.45. The van der Waals surface area contributed by atoms with E-state index in [0.29, 0.717) is 6.04 Å². The molecule has 0 heterocycles. The van der Waals surface area contributed by atoms with Gasteiger partial charge in [0.05, 0.1) is 11.5 Å². The quantitative estimate of drug-likeness (QED) is 0.810. The molecule has 1 aromatic rings. The molecule has 0 atom stereocenters. The minimum Gasteiger partial charge on any atom is -0.396 e. The van der Waals surface area contributed by atoms with Gasteiger partial charge in [-0.3, -0.25) is 0 Å². The highest BCUT2D eigenvalue weighted by Crippen LogP contribution is 2.43. The van der Waals surface area contributed by atoms with Crippen molar-refractivity contribution in [2.75, 3.05) is 13.2 Å². The first-order chi connectivity index (χ1) is 10.1. The van der Waals surface area contributed by atoms with Gasteiger partial charge in [-0.15, -0.1) is 0 Å². The molecule has 0 radical (unpaired) electrons. The Morgan fingerprint density at radius 1 is 1.29 bits per heavy atom. The number of aliphatic hydroxyl groups is 1. The highest BCUT2D eigenvalue weighted by molar-refractivity contribution is 5.36. The number of nitriles is 1. The Bertz CT molecular complexity index is 473. The van der Waals surface area contributed by atoms with E-state index in [4.69, 9.17) is 0 Å². The van der Waals surface area contributed by atoms with Crippen molar-refractivity contribution in [1.29, 1.82) is 5.26 Å². The van der Waals surface area contributed by atoms with Crippen molar-refractivity contribution in [3.8, 4) is 6.07 Å². The summed E-state index contributed by atoms with van der Waals surface area (Å²) in [6, 6.07) is 13.0. The van der Waals surface area contributed by atoms with Gasteiger partial charge in [-0.1, -0.05) is 44.2 Å². The zero-order valence-corrected chi connectivity index (χ0v) is 13.1. The van der Waals surface area contributed by atoms with Crippen LogP contribution in [-0.2, 0) is 5.41 Å². The standard InChI is InChI=1S/C18H26N2O/c1-3-17(4-2,14-21)13-20-16-10-18(11-16,12-19)15-8-6-5-7-9-15/h5-9,16,20-21H,3-4,10-11,13-14H2,1-2H3. The van der Waals surface area contributed by atoms with E-state index in [1.165, 1.54) is 0 Å². The predicted molar refractivity (Wildman–Crippen MR) is 84.9 cm³/mol. The molecule has 114 valence electrons. The summed E-state index contributed by atoms with van der Waals surface area (Å²) >= 11 is 0. The maximum atomic E-state index is 9.61. The molecule has 0 aliphatic heterocycles. The Labute approximate surface area is 128 Å². The van der Waals surface area contributed by atoms with Gasteiger partial charge in [-0.25, -0.2) is 0 Å². The molecule has 1 aliphatic rings. The van der Waals surface area contributed by atoms with Gasteiger partial charge in [0.25, 0.3) is 0 Å². The monoisotopic (exact) mass is 286 g/mol. The van der Waals surface area contributed by atoms with Gasteiger partial charge >= 0.3 is 0 Å². The third-order valence-corrected chi connectivity index (χ3v) is 5.33. The van der Waals surface area contributed by atoms with E-state index >= 15 is 0 Å². The average Bonchev–Trinajstić information content (AvgIpc) is 2.52. The Hall–Kier alpha value is -1.37. The van der Waals surface area contributed by atoms with Crippen LogP contribution in [0.15, 0.2) is 30.3 Å². The lowest BCUT2D eigenvalue weighted by atomic mass is 9.62. The number of nitrogens with one attached hydrogen (secondary N) is 1. The highest BCUT2D eigenvalue weighted by atomic mass is 16.3. The van der Waals surface area contributed by atoms with Gasteiger partial charge < -0.3 is 10.4 Å². The molecule has 0 aromatic heterocycles. The summed E-state index contributed by atoms with van der Waals surface area (Å²) in [4.78, 5) is 0. The van der Waals surface area contributed by atoms with Crippen molar-refractivity contribution in [2.24, 2.45) is 5.41 Å². The molecule has 0 unspecified atom stereocenters. The minimum absolute atomic E-state index is 0.0162. The van der Waals surface area contributed by atoms with E-state index in [0.717, 1.165) is 37.8 Å². The van der Waals surface area contributed by atoms with Crippen LogP contribution in [0.5, 0.6) is 0 Å². The van der Waals surface area contributed by atoms with E-state index in [1.807, 2.05) is 18.2 Å². The van der Waals surface area contributed by atoms with Gasteiger partial charge in [-0.2, -0.15) is 5.26 Å². The van der Waals surface area contributed by atoms with E-state index in [-0.39, 0.29) is 17.4 Å². The molecule has 1 fully saturated rings. The molecule has 2 N–H and O–H groups in total. The SMILES string of the molecule is CCC(CC)(CO)CNC1CC(C#N)(c2ccccc2)C1. The Morgan fingerprint density at radius 3 is 2.38 bits per heavy atom. The van der Waals surface area contributed by atoms with Crippen LogP contribution >= 0.6 is 0 Å². The molecule has 3 nitrogen and oxygen atoms in total. The van der Waals surface area contributed by atoms with Crippen molar-refractivity contribution in [3.63, 3.8) is 0 Å². The fourth-order valence-electron chi connectivity index (χ4n) is 3.21. The second-order valence-electron chi connectivity index (χ2n) is 6.41. The number of rotatable bonds is 7. The van der Waals surface area contributed by atoms with Gasteiger partial charge in [0.2, 0.25) is 0 Å². The molecule has 1 aliphatic carbocycles. The van der Waals surface area contributed by atoms with Crippen LogP contribution in [0.4, 0.5) is 0 Å². The average molecular weight is 286 g/mol. The topological polar surface area (TPSA) is 56.0 Å². The van der Waals surface area contributed by atoms with E-state index in [1.54, 1.807) is 0 Å². The third-order valence-electron chi connectivity index (χ3n) is 5.33. The molecular weight excluding hydrogens is 260 g/mol. The molecule has 0 saturated heterocycles. The summed E-state index contributed by atoms with van der Waals surface area (Å²) in [5.41, 5.74) is 0.793. The number of hydrogen-bond acceptors (Lipinski definition) is 3. The lowest BCUT2D eigenvalue weighted by Crippen LogP contribution is -2.53. The second kappa shape index (κ2) is 6.60. The van der Waals surface area contributed by atoms with Crippen LogP contribution in [0.1, 0.15) is 45.1 Å². The predicted octanol–water partition coefficient (Wildman–Crippen LogP) is 3.00. The first kappa shape index (κ1) is 16.0. The molecule has 1 saturated carbocycles. The Morgan fingerprint density at radius 2 is 1.90 bits per heavy atom. The maximum absolute atomic E-state index is 9.61. The molecule has 0 bridgehead atoms. The summed E-state index contributed by atoms with van der Waals surface area (Å²) < 4.78 is 0. The smallest absolute Gasteiger partial charge is 0.0852 e. The van der Waals surface area contributed by atoms with Gasteiger partial charge in [0.1, 0.15) is 0 Å². The summed E-state index contributed by atoms with van der Waals surface area (Å²) in [5, 5.41) is 22.7. The molecule has 1 aromatic carbocycles. The zero-order valence-electron chi connectivity index (χ0n) is 13.1. The number of benzene rings is 1.